The molecule has 0 atom stereocenters. The number of rotatable bonds is 7. The van der Waals surface area contributed by atoms with Crippen LogP contribution in [-0.2, 0) is 16.0 Å². The Kier molecular flexibility index (Phi) is 6.60. The molecule has 0 aliphatic heterocycles. The molecule has 0 saturated heterocycles. The van der Waals surface area contributed by atoms with Crippen LogP contribution in [0.4, 0.5) is 11.4 Å². The average Bonchev–Trinajstić information content (AvgIpc) is 2.65. The molecule has 2 aromatic rings. The van der Waals surface area contributed by atoms with Crippen LogP contribution in [0.25, 0.3) is 0 Å². The number of nitrogens with one attached hydrogen (secondary N) is 1. The maximum absolute atomic E-state index is 12.5. The Hall–Kier alpha value is -3.02. The number of nitrogens with zero attached hydrogens (tertiary/aromatic N) is 1. The van der Waals surface area contributed by atoms with Gasteiger partial charge in [-0.3, -0.25) is 9.59 Å². The fourth-order valence-corrected chi connectivity index (χ4v) is 2.70. The van der Waals surface area contributed by atoms with E-state index in [2.05, 4.69) is 5.32 Å². The Morgan fingerprint density at radius 3 is 2.35 bits per heavy atom. The van der Waals surface area contributed by atoms with Gasteiger partial charge in [0.25, 0.3) is 0 Å². The summed E-state index contributed by atoms with van der Waals surface area (Å²) in [7, 11) is 3.08. The summed E-state index contributed by atoms with van der Waals surface area (Å²) < 4.78 is 10.4. The van der Waals surface area contributed by atoms with Crippen molar-refractivity contribution < 1.29 is 19.1 Å². The van der Waals surface area contributed by atoms with Gasteiger partial charge >= 0.3 is 0 Å². The van der Waals surface area contributed by atoms with E-state index in [1.807, 2.05) is 31.2 Å². The molecule has 0 fully saturated rings. The molecule has 2 amide bonds. The molecule has 0 radical (unpaired) electrons. The zero-order valence-corrected chi connectivity index (χ0v) is 15.5. The van der Waals surface area contributed by atoms with Crippen molar-refractivity contribution in [2.75, 3.05) is 31.0 Å². The van der Waals surface area contributed by atoms with Crippen LogP contribution in [-0.4, -0.2) is 32.6 Å². The molecule has 0 aromatic heterocycles. The van der Waals surface area contributed by atoms with Crippen molar-refractivity contribution in [3.8, 4) is 11.5 Å². The molecule has 0 bridgehead atoms. The third kappa shape index (κ3) is 4.53. The molecule has 0 aliphatic rings. The summed E-state index contributed by atoms with van der Waals surface area (Å²) in [6, 6.07) is 12.7. The summed E-state index contributed by atoms with van der Waals surface area (Å²) in [5, 5.41) is 2.79. The first-order chi connectivity index (χ1) is 12.5. The van der Waals surface area contributed by atoms with E-state index >= 15 is 0 Å². The molecule has 0 saturated carbocycles. The quantitative estimate of drug-likeness (QED) is 0.827. The van der Waals surface area contributed by atoms with Crippen LogP contribution in [0.3, 0.4) is 0 Å². The van der Waals surface area contributed by atoms with Crippen LogP contribution in [0, 0.1) is 0 Å². The second kappa shape index (κ2) is 8.89. The first-order valence-electron chi connectivity index (χ1n) is 8.38. The number of aryl methyl sites for hydroxylation is 1. The highest BCUT2D eigenvalue weighted by Gasteiger charge is 2.18. The molecule has 0 spiro atoms. The van der Waals surface area contributed by atoms with Crippen LogP contribution in [0.15, 0.2) is 42.5 Å². The summed E-state index contributed by atoms with van der Waals surface area (Å²) >= 11 is 0. The van der Waals surface area contributed by atoms with Crippen molar-refractivity contribution >= 4 is 23.2 Å². The normalized spacial score (nSPS) is 10.2. The molecule has 1 N–H and O–H groups in total. The van der Waals surface area contributed by atoms with Gasteiger partial charge in [-0.1, -0.05) is 25.1 Å². The number of amides is 2. The SMILES string of the molecule is CCc1ccccc1N(CC(=O)Nc1ccc(OC)c(OC)c1)C(C)=O. The number of para-hydroxylation sites is 1. The number of hydrogen-bond donors (Lipinski definition) is 1. The van der Waals surface area contributed by atoms with Crippen LogP contribution in [0.2, 0.25) is 0 Å². The van der Waals surface area contributed by atoms with Crippen molar-refractivity contribution in [3.05, 3.63) is 48.0 Å². The van der Waals surface area contributed by atoms with Gasteiger partial charge in [-0.25, -0.2) is 0 Å². The van der Waals surface area contributed by atoms with E-state index in [-0.39, 0.29) is 18.4 Å². The molecule has 0 aliphatic carbocycles. The van der Waals surface area contributed by atoms with Crippen molar-refractivity contribution in [1.29, 1.82) is 0 Å². The molecular formula is C20H24N2O4. The number of benzene rings is 2. The minimum atomic E-state index is -0.293. The largest absolute Gasteiger partial charge is 0.493 e. The Labute approximate surface area is 153 Å². The predicted octanol–water partition coefficient (Wildman–Crippen LogP) is 3.26. The predicted molar refractivity (Wildman–Crippen MR) is 102 cm³/mol. The second-order valence-electron chi connectivity index (χ2n) is 5.71. The Bertz CT molecular complexity index is 789. The zero-order valence-electron chi connectivity index (χ0n) is 15.5. The lowest BCUT2D eigenvalue weighted by atomic mass is 10.1. The van der Waals surface area contributed by atoms with Gasteiger partial charge in [0.15, 0.2) is 11.5 Å². The van der Waals surface area contributed by atoms with Gasteiger partial charge in [0, 0.05) is 24.4 Å². The van der Waals surface area contributed by atoms with Crippen molar-refractivity contribution in [2.24, 2.45) is 0 Å². The Morgan fingerprint density at radius 1 is 1.04 bits per heavy atom. The van der Waals surface area contributed by atoms with E-state index in [0.717, 1.165) is 17.7 Å². The van der Waals surface area contributed by atoms with Crippen molar-refractivity contribution in [2.45, 2.75) is 20.3 Å². The van der Waals surface area contributed by atoms with Gasteiger partial charge in [-0.15, -0.1) is 0 Å². The highest BCUT2D eigenvalue weighted by Crippen LogP contribution is 2.29. The van der Waals surface area contributed by atoms with Gasteiger partial charge < -0.3 is 19.7 Å². The van der Waals surface area contributed by atoms with Gasteiger partial charge in [0.2, 0.25) is 11.8 Å². The van der Waals surface area contributed by atoms with Crippen LogP contribution in [0.5, 0.6) is 11.5 Å². The second-order valence-corrected chi connectivity index (χ2v) is 5.71. The summed E-state index contributed by atoms with van der Waals surface area (Å²) in [5.41, 5.74) is 2.34. The maximum atomic E-state index is 12.5. The lowest BCUT2D eigenvalue weighted by Gasteiger charge is -2.23. The number of hydrogen-bond acceptors (Lipinski definition) is 4. The van der Waals surface area contributed by atoms with Gasteiger partial charge in [-0.2, -0.15) is 0 Å². The van der Waals surface area contributed by atoms with E-state index in [0.29, 0.717) is 17.2 Å². The lowest BCUT2D eigenvalue weighted by Crippen LogP contribution is -2.37. The fourth-order valence-electron chi connectivity index (χ4n) is 2.70. The average molecular weight is 356 g/mol. The monoisotopic (exact) mass is 356 g/mol. The Balaban J connectivity index is 2.17. The van der Waals surface area contributed by atoms with E-state index in [1.165, 1.54) is 18.9 Å². The minimum Gasteiger partial charge on any atom is -0.493 e. The zero-order chi connectivity index (χ0) is 19.1. The standard InChI is InChI=1S/C20H24N2O4/c1-5-15-8-6-7-9-17(15)22(14(2)23)13-20(24)21-16-10-11-18(25-3)19(12-16)26-4/h6-12H,5,13H2,1-4H3,(H,21,24). The summed E-state index contributed by atoms with van der Waals surface area (Å²) in [6.45, 7) is 3.40. The molecule has 0 heterocycles. The molecular weight excluding hydrogens is 332 g/mol. The van der Waals surface area contributed by atoms with E-state index < -0.39 is 0 Å². The Morgan fingerprint density at radius 2 is 1.73 bits per heavy atom. The van der Waals surface area contributed by atoms with Gasteiger partial charge in [-0.05, 0) is 30.2 Å². The van der Waals surface area contributed by atoms with Crippen LogP contribution >= 0.6 is 0 Å². The van der Waals surface area contributed by atoms with E-state index in [1.54, 1.807) is 25.3 Å². The number of methoxy groups -OCH3 is 2. The maximum Gasteiger partial charge on any atom is 0.244 e. The summed E-state index contributed by atoms with van der Waals surface area (Å²) in [6.07, 6.45) is 0.775. The van der Waals surface area contributed by atoms with Crippen LogP contribution in [0.1, 0.15) is 19.4 Å². The smallest absolute Gasteiger partial charge is 0.244 e. The highest BCUT2D eigenvalue weighted by atomic mass is 16.5. The number of anilines is 2. The topological polar surface area (TPSA) is 67.9 Å². The lowest BCUT2D eigenvalue weighted by molar-refractivity contribution is -0.120. The molecule has 0 unspecified atom stereocenters. The molecule has 138 valence electrons. The molecule has 6 heteroatoms. The van der Waals surface area contributed by atoms with Gasteiger partial charge in [0.05, 0.1) is 14.2 Å². The van der Waals surface area contributed by atoms with E-state index in [4.69, 9.17) is 9.47 Å². The van der Waals surface area contributed by atoms with Crippen molar-refractivity contribution in [1.82, 2.24) is 0 Å². The molecule has 2 rings (SSSR count). The minimum absolute atomic E-state index is 0.0688. The van der Waals surface area contributed by atoms with Crippen molar-refractivity contribution in [3.63, 3.8) is 0 Å². The van der Waals surface area contributed by atoms with E-state index in [9.17, 15) is 9.59 Å². The summed E-state index contributed by atoms with van der Waals surface area (Å²) in [5.74, 6) is 0.615. The summed E-state index contributed by atoms with van der Waals surface area (Å²) in [4.78, 5) is 26.1. The third-order valence-electron chi connectivity index (χ3n) is 4.01. The molecule has 2 aromatic carbocycles. The highest BCUT2D eigenvalue weighted by molar-refractivity contribution is 6.02. The fraction of sp³-hybridized carbons (Fsp3) is 0.300. The first-order valence-corrected chi connectivity index (χ1v) is 8.38. The molecule has 6 nitrogen and oxygen atoms in total. The number of carbonyl (C=O) groups excluding carboxylic acids is 2. The first kappa shape index (κ1) is 19.3. The third-order valence-corrected chi connectivity index (χ3v) is 4.01. The molecule has 26 heavy (non-hydrogen) atoms. The number of ether oxygens (including phenoxy) is 2. The number of carbonyl (C=O) groups is 2. The van der Waals surface area contributed by atoms with Crippen LogP contribution < -0.4 is 19.7 Å². The van der Waals surface area contributed by atoms with Gasteiger partial charge in [0.1, 0.15) is 6.54 Å².